The molecule has 0 aliphatic carbocycles. The van der Waals surface area contributed by atoms with Gasteiger partial charge in [-0.2, -0.15) is 0 Å². The summed E-state index contributed by atoms with van der Waals surface area (Å²) in [6, 6.07) is 6.91. The van der Waals surface area contributed by atoms with Gasteiger partial charge in [-0.15, -0.1) is 0 Å². The quantitative estimate of drug-likeness (QED) is 0.816. The minimum Gasteiger partial charge on any atom is -0.497 e. The maximum absolute atomic E-state index is 12.4. The Bertz CT molecular complexity index is 612. The number of ether oxygens (including phenoxy) is 2. The van der Waals surface area contributed by atoms with Crippen molar-refractivity contribution < 1.29 is 24.2 Å². The molecule has 1 fully saturated rings. The summed E-state index contributed by atoms with van der Waals surface area (Å²) in [5.41, 5.74) is 0.565. The van der Waals surface area contributed by atoms with Crippen LogP contribution in [0, 0.1) is 11.8 Å². The molecule has 1 aromatic carbocycles. The third kappa shape index (κ3) is 2.38. The monoisotopic (exact) mass is 289 g/mol. The van der Waals surface area contributed by atoms with Gasteiger partial charge >= 0.3 is 5.97 Å². The first-order valence-electron chi connectivity index (χ1n) is 6.61. The molecule has 0 aromatic heterocycles. The van der Waals surface area contributed by atoms with Crippen LogP contribution in [0.25, 0.3) is 0 Å². The Morgan fingerprint density at radius 1 is 1.24 bits per heavy atom. The van der Waals surface area contributed by atoms with Gasteiger partial charge in [0.15, 0.2) is 0 Å². The van der Waals surface area contributed by atoms with Crippen LogP contribution >= 0.6 is 0 Å². The van der Waals surface area contributed by atoms with Gasteiger partial charge in [-0.1, -0.05) is 18.2 Å². The first-order valence-corrected chi connectivity index (χ1v) is 6.61. The highest BCUT2D eigenvalue weighted by molar-refractivity contribution is 5.96. The highest BCUT2D eigenvalue weighted by Crippen LogP contribution is 2.39. The van der Waals surface area contributed by atoms with E-state index >= 15 is 0 Å². The number of carboxylic acid groups (broad SMARTS) is 1. The third-order valence-electron chi connectivity index (χ3n) is 3.82. The van der Waals surface area contributed by atoms with Gasteiger partial charge in [0.2, 0.25) is 5.91 Å². The normalized spacial score (nSPS) is 29.4. The first kappa shape index (κ1) is 13.6. The molecule has 0 saturated carbocycles. The van der Waals surface area contributed by atoms with Crippen molar-refractivity contribution in [1.29, 1.82) is 0 Å². The van der Waals surface area contributed by atoms with E-state index in [0.717, 1.165) is 0 Å². The number of fused-ring (bicyclic) bond motifs is 2. The van der Waals surface area contributed by atoms with Crippen LogP contribution < -0.4 is 10.1 Å². The number of carbonyl (C=O) groups is 2. The van der Waals surface area contributed by atoms with Gasteiger partial charge in [0.05, 0.1) is 25.2 Å². The molecule has 0 unspecified atom stereocenters. The fourth-order valence-electron chi connectivity index (χ4n) is 2.84. The Morgan fingerprint density at radius 3 is 2.62 bits per heavy atom. The Hall–Kier alpha value is -2.34. The molecule has 3 rings (SSSR count). The fourth-order valence-corrected chi connectivity index (χ4v) is 2.84. The van der Waals surface area contributed by atoms with Crippen LogP contribution in [0.3, 0.4) is 0 Å². The minimum absolute atomic E-state index is 0.354. The van der Waals surface area contributed by atoms with Crippen molar-refractivity contribution in [2.75, 3.05) is 12.4 Å². The van der Waals surface area contributed by atoms with Gasteiger partial charge < -0.3 is 19.9 Å². The lowest BCUT2D eigenvalue weighted by Gasteiger charge is -2.21. The van der Waals surface area contributed by atoms with Crippen LogP contribution in [-0.2, 0) is 14.3 Å². The number of carboxylic acids is 1. The van der Waals surface area contributed by atoms with E-state index in [4.69, 9.17) is 9.47 Å². The zero-order chi connectivity index (χ0) is 15.0. The fraction of sp³-hybridized carbons (Fsp3) is 0.333. The standard InChI is InChI=1S/C15H15NO5/c1-20-9-4-2-3-8(7-9)16-14(17)12-10-5-6-11(21-10)13(12)15(18)19/h2-7,10-13H,1H3,(H,16,17)(H,18,19)/t10-,11-,12-,13-/m1/s1. The number of anilines is 1. The van der Waals surface area contributed by atoms with E-state index in [1.807, 2.05) is 0 Å². The zero-order valence-electron chi connectivity index (χ0n) is 11.4. The largest absolute Gasteiger partial charge is 0.497 e. The molecule has 2 N–H and O–H groups in total. The summed E-state index contributed by atoms with van der Waals surface area (Å²) < 4.78 is 10.6. The van der Waals surface area contributed by atoms with Crippen molar-refractivity contribution in [3.8, 4) is 5.75 Å². The molecule has 1 amide bonds. The van der Waals surface area contributed by atoms with E-state index in [2.05, 4.69) is 5.32 Å². The van der Waals surface area contributed by atoms with E-state index in [-0.39, 0.29) is 5.91 Å². The minimum atomic E-state index is -1.02. The molecule has 6 nitrogen and oxygen atoms in total. The van der Waals surface area contributed by atoms with E-state index < -0.39 is 30.0 Å². The Kier molecular flexibility index (Phi) is 3.39. The van der Waals surface area contributed by atoms with Gasteiger partial charge in [-0.05, 0) is 12.1 Å². The smallest absolute Gasteiger partial charge is 0.310 e. The Morgan fingerprint density at radius 2 is 1.95 bits per heavy atom. The van der Waals surface area contributed by atoms with Crippen LogP contribution in [0.2, 0.25) is 0 Å². The number of methoxy groups -OCH3 is 1. The number of nitrogens with one attached hydrogen (secondary N) is 1. The second-order valence-corrected chi connectivity index (χ2v) is 5.06. The molecule has 2 bridgehead atoms. The highest BCUT2D eigenvalue weighted by atomic mass is 16.5. The molecule has 2 aliphatic rings. The predicted molar refractivity (Wildman–Crippen MR) is 74.0 cm³/mol. The molecule has 0 spiro atoms. The van der Waals surface area contributed by atoms with Crippen LogP contribution in [-0.4, -0.2) is 36.3 Å². The lowest BCUT2D eigenvalue weighted by atomic mass is 9.82. The summed E-state index contributed by atoms with van der Waals surface area (Å²) >= 11 is 0. The predicted octanol–water partition coefficient (Wildman–Crippen LogP) is 1.29. The molecular weight excluding hydrogens is 274 g/mol. The van der Waals surface area contributed by atoms with Gasteiger partial charge in [0, 0.05) is 11.8 Å². The molecule has 21 heavy (non-hydrogen) atoms. The molecule has 6 heteroatoms. The van der Waals surface area contributed by atoms with Crippen LogP contribution in [0.1, 0.15) is 0 Å². The van der Waals surface area contributed by atoms with Crippen molar-refractivity contribution in [2.45, 2.75) is 12.2 Å². The molecule has 2 heterocycles. The Balaban J connectivity index is 1.78. The van der Waals surface area contributed by atoms with E-state index in [9.17, 15) is 14.7 Å². The second-order valence-electron chi connectivity index (χ2n) is 5.06. The molecular formula is C15H15NO5. The molecule has 2 aliphatic heterocycles. The summed E-state index contributed by atoms with van der Waals surface area (Å²) in [6.45, 7) is 0. The van der Waals surface area contributed by atoms with E-state index in [0.29, 0.717) is 11.4 Å². The van der Waals surface area contributed by atoms with Crippen LogP contribution in [0.5, 0.6) is 5.75 Å². The average molecular weight is 289 g/mol. The SMILES string of the molecule is COc1cccc(NC(=O)[C@H]2[C@H](C(=O)O)[C@H]3C=C[C@H]2O3)c1. The lowest BCUT2D eigenvalue weighted by Crippen LogP contribution is -2.39. The first-order chi connectivity index (χ1) is 10.1. The number of hydrogen-bond acceptors (Lipinski definition) is 4. The van der Waals surface area contributed by atoms with Crippen molar-refractivity contribution in [3.63, 3.8) is 0 Å². The summed E-state index contributed by atoms with van der Waals surface area (Å²) in [7, 11) is 1.54. The maximum Gasteiger partial charge on any atom is 0.310 e. The number of carbonyl (C=O) groups excluding carboxylic acids is 1. The molecule has 0 radical (unpaired) electrons. The van der Waals surface area contributed by atoms with Gasteiger partial charge in [-0.25, -0.2) is 0 Å². The topological polar surface area (TPSA) is 84.9 Å². The van der Waals surface area contributed by atoms with Gasteiger partial charge in [-0.3, -0.25) is 9.59 Å². The van der Waals surface area contributed by atoms with Crippen molar-refractivity contribution in [1.82, 2.24) is 0 Å². The second kappa shape index (κ2) is 5.21. The molecule has 4 atom stereocenters. The van der Waals surface area contributed by atoms with Crippen LogP contribution in [0.15, 0.2) is 36.4 Å². The Labute approximate surface area is 121 Å². The average Bonchev–Trinajstić information content (AvgIpc) is 3.07. The number of amides is 1. The summed E-state index contributed by atoms with van der Waals surface area (Å²) in [4.78, 5) is 23.7. The molecule has 110 valence electrons. The zero-order valence-corrected chi connectivity index (χ0v) is 11.4. The van der Waals surface area contributed by atoms with E-state index in [1.54, 1.807) is 36.4 Å². The van der Waals surface area contributed by atoms with Crippen LogP contribution in [0.4, 0.5) is 5.69 Å². The number of hydrogen-bond donors (Lipinski definition) is 2. The van der Waals surface area contributed by atoms with Gasteiger partial charge in [0.25, 0.3) is 0 Å². The maximum atomic E-state index is 12.4. The van der Waals surface area contributed by atoms with Crippen molar-refractivity contribution in [3.05, 3.63) is 36.4 Å². The highest BCUT2D eigenvalue weighted by Gasteiger charge is 2.53. The third-order valence-corrected chi connectivity index (χ3v) is 3.82. The lowest BCUT2D eigenvalue weighted by molar-refractivity contribution is -0.145. The van der Waals surface area contributed by atoms with E-state index in [1.165, 1.54) is 7.11 Å². The van der Waals surface area contributed by atoms with Crippen molar-refractivity contribution in [2.24, 2.45) is 11.8 Å². The molecule has 1 aromatic rings. The van der Waals surface area contributed by atoms with Crippen molar-refractivity contribution >= 4 is 17.6 Å². The number of benzene rings is 1. The number of aliphatic carboxylic acids is 1. The number of rotatable bonds is 4. The summed E-state index contributed by atoms with van der Waals surface area (Å²) in [5, 5.41) is 12.0. The molecule has 1 saturated heterocycles. The van der Waals surface area contributed by atoms with Gasteiger partial charge in [0.1, 0.15) is 11.7 Å². The summed E-state index contributed by atoms with van der Waals surface area (Å²) in [6.07, 6.45) is 2.47. The summed E-state index contributed by atoms with van der Waals surface area (Å²) in [5.74, 6) is -2.31.